The van der Waals surface area contributed by atoms with Crippen LogP contribution in [0.4, 0.5) is 5.69 Å². The molecule has 4 heteroatoms. The molecule has 2 bridgehead atoms. The van der Waals surface area contributed by atoms with Gasteiger partial charge in [0.15, 0.2) is 0 Å². The highest BCUT2D eigenvalue weighted by Gasteiger charge is 2.38. The van der Waals surface area contributed by atoms with Crippen molar-refractivity contribution in [2.45, 2.75) is 18.9 Å². The number of hydrogen-bond acceptors (Lipinski definition) is 4. The molecular formula is C18H21N3O. The number of pyridine rings is 1. The molecule has 2 heterocycles. The largest absolute Gasteiger partial charge is 0.489 e. The lowest BCUT2D eigenvalue weighted by atomic mass is 10.0. The van der Waals surface area contributed by atoms with Crippen molar-refractivity contribution >= 4 is 5.69 Å². The van der Waals surface area contributed by atoms with Crippen molar-refractivity contribution in [2.75, 3.05) is 18.8 Å². The molecule has 0 unspecified atom stereocenters. The smallest absolute Gasteiger partial charge is 0.127 e. The van der Waals surface area contributed by atoms with Crippen LogP contribution in [-0.2, 0) is 0 Å². The van der Waals surface area contributed by atoms with Gasteiger partial charge in [-0.2, -0.15) is 0 Å². The Hall–Kier alpha value is -2.07. The van der Waals surface area contributed by atoms with Crippen LogP contribution in [0.1, 0.15) is 12.8 Å². The molecule has 2 fully saturated rings. The van der Waals surface area contributed by atoms with Crippen molar-refractivity contribution in [3.8, 4) is 16.9 Å². The number of nitrogens with one attached hydrogen (secondary N) is 1. The van der Waals surface area contributed by atoms with Crippen molar-refractivity contribution in [3.63, 3.8) is 0 Å². The predicted molar refractivity (Wildman–Crippen MR) is 87.6 cm³/mol. The number of nitrogens with zero attached hydrogens (tertiary/aromatic N) is 1. The lowest BCUT2D eigenvalue weighted by molar-refractivity contribution is 0.161. The summed E-state index contributed by atoms with van der Waals surface area (Å²) in [6.07, 6.45) is 6.27. The first kappa shape index (κ1) is 13.6. The van der Waals surface area contributed by atoms with E-state index in [4.69, 9.17) is 10.5 Å². The van der Waals surface area contributed by atoms with Gasteiger partial charge in [0.2, 0.25) is 0 Å². The number of nitrogens with two attached hydrogens (primary N) is 1. The first-order valence-electron chi connectivity index (χ1n) is 7.97. The molecule has 1 saturated carbocycles. The summed E-state index contributed by atoms with van der Waals surface area (Å²) in [6.45, 7) is 2.20. The molecule has 1 aliphatic carbocycles. The van der Waals surface area contributed by atoms with Crippen molar-refractivity contribution in [3.05, 3.63) is 42.7 Å². The summed E-state index contributed by atoms with van der Waals surface area (Å²) in [4.78, 5) is 4.20. The van der Waals surface area contributed by atoms with E-state index in [9.17, 15) is 0 Å². The standard InChI is InChI=1S/C18H21N3O/c19-16-5-6-20-11-15(16)14-3-1-2-4-17(14)22-18-8-12-7-13(18)10-21-9-12/h1-6,11-13,18,21H,7-10H2,(H2,19,20)/t12-,13-,18+/m1/s1. The van der Waals surface area contributed by atoms with Gasteiger partial charge in [0.05, 0.1) is 0 Å². The van der Waals surface area contributed by atoms with Gasteiger partial charge in [-0.3, -0.25) is 4.98 Å². The maximum absolute atomic E-state index is 6.41. The van der Waals surface area contributed by atoms with E-state index in [-0.39, 0.29) is 0 Å². The molecule has 0 spiro atoms. The summed E-state index contributed by atoms with van der Waals surface area (Å²) >= 11 is 0. The molecule has 2 aromatic rings. The highest BCUT2D eigenvalue weighted by atomic mass is 16.5. The van der Waals surface area contributed by atoms with Gasteiger partial charge in [-0.05, 0) is 37.4 Å². The first-order chi connectivity index (χ1) is 10.8. The third-order valence-electron chi connectivity index (χ3n) is 4.88. The molecule has 1 aliphatic heterocycles. The Labute approximate surface area is 130 Å². The lowest BCUT2D eigenvalue weighted by Crippen LogP contribution is -2.34. The zero-order valence-corrected chi connectivity index (χ0v) is 12.5. The third-order valence-corrected chi connectivity index (χ3v) is 4.88. The monoisotopic (exact) mass is 295 g/mol. The number of ether oxygens (including phenoxy) is 1. The average Bonchev–Trinajstić information content (AvgIpc) is 2.82. The highest BCUT2D eigenvalue weighted by molar-refractivity contribution is 5.79. The molecule has 4 nitrogen and oxygen atoms in total. The van der Waals surface area contributed by atoms with E-state index < -0.39 is 0 Å². The molecule has 4 rings (SSSR count). The second-order valence-electron chi connectivity index (χ2n) is 6.37. The minimum atomic E-state index is 0.305. The molecule has 3 N–H and O–H groups in total. The Morgan fingerprint density at radius 1 is 1.09 bits per heavy atom. The number of benzene rings is 1. The van der Waals surface area contributed by atoms with Gasteiger partial charge >= 0.3 is 0 Å². The van der Waals surface area contributed by atoms with E-state index in [0.717, 1.165) is 48.0 Å². The van der Waals surface area contributed by atoms with Crippen molar-refractivity contribution in [1.82, 2.24) is 10.3 Å². The quantitative estimate of drug-likeness (QED) is 0.914. The molecule has 1 saturated heterocycles. The molecule has 2 aliphatic rings. The average molecular weight is 295 g/mol. The Morgan fingerprint density at radius 2 is 2.00 bits per heavy atom. The summed E-state index contributed by atoms with van der Waals surface area (Å²) in [6, 6.07) is 9.96. The van der Waals surface area contributed by atoms with E-state index >= 15 is 0 Å². The normalized spacial score (nSPS) is 26.8. The molecule has 0 radical (unpaired) electrons. The third kappa shape index (κ3) is 2.44. The van der Waals surface area contributed by atoms with Crippen LogP contribution < -0.4 is 15.8 Å². The van der Waals surface area contributed by atoms with Gasteiger partial charge in [-0.15, -0.1) is 0 Å². The van der Waals surface area contributed by atoms with Gasteiger partial charge in [0.1, 0.15) is 11.9 Å². The number of rotatable bonds is 3. The number of anilines is 1. The van der Waals surface area contributed by atoms with E-state index in [1.165, 1.54) is 6.42 Å². The molecule has 22 heavy (non-hydrogen) atoms. The fraction of sp³-hybridized carbons (Fsp3) is 0.389. The molecule has 1 aromatic heterocycles. The van der Waals surface area contributed by atoms with Crippen LogP contribution in [0.5, 0.6) is 5.75 Å². The van der Waals surface area contributed by atoms with Gasteiger partial charge in [-0.1, -0.05) is 18.2 Å². The predicted octanol–water partition coefficient (Wildman–Crippen LogP) is 2.71. The zero-order chi connectivity index (χ0) is 14.9. The number of fused-ring (bicyclic) bond motifs is 2. The second kappa shape index (κ2) is 5.61. The maximum Gasteiger partial charge on any atom is 0.127 e. The number of hydrogen-bond donors (Lipinski definition) is 2. The zero-order valence-electron chi connectivity index (χ0n) is 12.5. The number of nitrogen functional groups attached to an aromatic ring is 1. The van der Waals surface area contributed by atoms with E-state index in [1.54, 1.807) is 6.20 Å². The Bertz CT molecular complexity index is 673. The van der Waals surface area contributed by atoms with Crippen molar-refractivity contribution in [1.29, 1.82) is 0 Å². The SMILES string of the molecule is Nc1ccncc1-c1ccccc1O[C@H]1C[C@@H]2CNC[C@H]1C2. The van der Waals surface area contributed by atoms with Crippen LogP contribution in [0.3, 0.4) is 0 Å². The van der Waals surface area contributed by atoms with Crippen LogP contribution in [0, 0.1) is 11.8 Å². The Balaban J connectivity index is 1.64. The highest BCUT2D eigenvalue weighted by Crippen LogP contribution is 2.39. The summed E-state index contributed by atoms with van der Waals surface area (Å²) in [5.74, 6) is 2.30. The topological polar surface area (TPSA) is 60.2 Å². The van der Waals surface area contributed by atoms with E-state index in [2.05, 4.69) is 16.4 Å². The molecule has 114 valence electrons. The molecular weight excluding hydrogens is 274 g/mol. The lowest BCUT2D eigenvalue weighted by Gasteiger charge is -2.23. The Morgan fingerprint density at radius 3 is 2.86 bits per heavy atom. The Kier molecular flexibility index (Phi) is 3.47. The van der Waals surface area contributed by atoms with Crippen LogP contribution in [-0.4, -0.2) is 24.2 Å². The summed E-state index contributed by atoms with van der Waals surface area (Å²) in [5.41, 5.74) is 8.82. The van der Waals surface area contributed by atoms with Crippen LogP contribution >= 0.6 is 0 Å². The number of piperidine rings is 1. The summed E-state index contributed by atoms with van der Waals surface area (Å²) < 4.78 is 6.41. The van der Waals surface area contributed by atoms with Gasteiger partial charge in [0.25, 0.3) is 0 Å². The molecule has 3 atom stereocenters. The van der Waals surface area contributed by atoms with Gasteiger partial charge in [0, 0.05) is 41.7 Å². The van der Waals surface area contributed by atoms with Crippen molar-refractivity contribution < 1.29 is 4.74 Å². The van der Waals surface area contributed by atoms with E-state index in [0.29, 0.717) is 12.0 Å². The minimum Gasteiger partial charge on any atom is -0.489 e. The number of para-hydroxylation sites is 1. The first-order valence-corrected chi connectivity index (χ1v) is 7.97. The fourth-order valence-corrected chi connectivity index (χ4v) is 3.78. The van der Waals surface area contributed by atoms with Crippen LogP contribution in [0.25, 0.3) is 11.1 Å². The van der Waals surface area contributed by atoms with Crippen LogP contribution in [0.15, 0.2) is 42.7 Å². The maximum atomic E-state index is 6.41. The van der Waals surface area contributed by atoms with Crippen molar-refractivity contribution in [2.24, 2.45) is 11.8 Å². The minimum absolute atomic E-state index is 0.305. The van der Waals surface area contributed by atoms with Gasteiger partial charge in [-0.25, -0.2) is 0 Å². The summed E-state index contributed by atoms with van der Waals surface area (Å²) in [7, 11) is 0. The second-order valence-corrected chi connectivity index (χ2v) is 6.37. The summed E-state index contributed by atoms with van der Waals surface area (Å²) in [5, 5.41) is 3.51. The number of aromatic nitrogens is 1. The van der Waals surface area contributed by atoms with Gasteiger partial charge < -0.3 is 15.8 Å². The molecule has 0 amide bonds. The fourth-order valence-electron chi connectivity index (χ4n) is 3.78. The van der Waals surface area contributed by atoms with E-state index in [1.807, 2.05) is 30.5 Å². The van der Waals surface area contributed by atoms with Crippen LogP contribution in [0.2, 0.25) is 0 Å². The molecule has 1 aromatic carbocycles.